The molecule has 5 nitrogen and oxygen atoms in total. The smallest absolute Gasteiger partial charge is 0.229 e. The van der Waals surface area contributed by atoms with Gasteiger partial charge in [-0.05, 0) is 28.8 Å². The van der Waals surface area contributed by atoms with Crippen LogP contribution in [0.3, 0.4) is 0 Å². The van der Waals surface area contributed by atoms with Gasteiger partial charge >= 0.3 is 0 Å². The van der Waals surface area contributed by atoms with Gasteiger partial charge in [-0.15, -0.1) is 0 Å². The maximum Gasteiger partial charge on any atom is 0.229 e. The standard InChI is InChI=1S/C26H22BrN3O2/c27-22-12-8-19(9-13-22)15-25(32)30-26-23(14-18-4-2-1-3-5-18)29-24(16-28-26)21-10-6-20(17-31)7-11-21/h1-13,16,31H,14-15,17H2,(H,28,30,32). The average Bonchev–Trinajstić information content (AvgIpc) is 2.82. The molecule has 0 aliphatic heterocycles. The molecular weight excluding hydrogens is 466 g/mol. The highest BCUT2D eigenvalue weighted by molar-refractivity contribution is 9.10. The van der Waals surface area contributed by atoms with Crippen molar-refractivity contribution < 1.29 is 9.90 Å². The van der Waals surface area contributed by atoms with Crippen LogP contribution in [0.1, 0.15) is 22.4 Å². The van der Waals surface area contributed by atoms with Gasteiger partial charge in [0.25, 0.3) is 0 Å². The number of carbonyl (C=O) groups is 1. The third-order valence-electron chi connectivity index (χ3n) is 5.03. The Morgan fingerprint density at radius 2 is 1.56 bits per heavy atom. The van der Waals surface area contributed by atoms with E-state index in [-0.39, 0.29) is 18.9 Å². The molecule has 0 spiro atoms. The zero-order chi connectivity index (χ0) is 22.3. The van der Waals surface area contributed by atoms with E-state index in [1.807, 2.05) is 78.9 Å². The minimum Gasteiger partial charge on any atom is -0.392 e. The van der Waals surface area contributed by atoms with Crippen LogP contribution in [0, 0.1) is 0 Å². The second-order valence-corrected chi connectivity index (χ2v) is 8.34. The molecule has 1 amide bonds. The van der Waals surface area contributed by atoms with Crippen molar-refractivity contribution in [3.05, 3.63) is 112 Å². The number of rotatable bonds is 7. The Balaban J connectivity index is 1.60. The highest BCUT2D eigenvalue weighted by Crippen LogP contribution is 2.23. The first-order valence-corrected chi connectivity index (χ1v) is 11.0. The topological polar surface area (TPSA) is 75.1 Å². The van der Waals surface area contributed by atoms with Gasteiger partial charge in [-0.25, -0.2) is 9.97 Å². The van der Waals surface area contributed by atoms with Gasteiger partial charge < -0.3 is 10.4 Å². The molecule has 0 fully saturated rings. The summed E-state index contributed by atoms with van der Waals surface area (Å²) in [6, 6.07) is 25.2. The molecule has 0 saturated heterocycles. The third kappa shape index (κ3) is 5.66. The van der Waals surface area contributed by atoms with E-state index in [2.05, 4.69) is 26.2 Å². The lowest BCUT2D eigenvalue weighted by molar-refractivity contribution is -0.115. The van der Waals surface area contributed by atoms with Crippen molar-refractivity contribution in [1.29, 1.82) is 0 Å². The lowest BCUT2D eigenvalue weighted by Gasteiger charge is -2.12. The molecular formula is C26H22BrN3O2. The van der Waals surface area contributed by atoms with Crippen LogP contribution in [0.2, 0.25) is 0 Å². The van der Waals surface area contributed by atoms with Gasteiger partial charge in [0.1, 0.15) is 0 Å². The number of hydrogen-bond donors (Lipinski definition) is 2. The molecule has 4 rings (SSSR count). The van der Waals surface area contributed by atoms with Gasteiger partial charge in [-0.2, -0.15) is 0 Å². The summed E-state index contributed by atoms with van der Waals surface area (Å²) in [6.45, 7) is -0.00540. The first-order chi connectivity index (χ1) is 15.6. The molecule has 0 aliphatic rings. The van der Waals surface area contributed by atoms with Crippen LogP contribution < -0.4 is 5.32 Å². The number of halogens is 1. The number of nitrogens with one attached hydrogen (secondary N) is 1. The van der Waals surface area contributed by atoms with E-state index in [9.17, 15) is 9.90 Å². The number of aromatic nitrogens is 2. The Morgan fingerprint density at radius 3 is 2.25 bits per heavy atom. The second kappa shape index (κ2) is 10.3. The number of hydrogen-bond acceptors (Lipinski definition) is 4. The number of aliphatic hydroxyl groups is 1. The molecule has 6 heteroatoms. The number of benzene rings is 3. The van der Waals surface area contributed by atoms with E-state index >= 15 is 0 Å². The van der Waals surface area contributed by atoms with Gasteiger partial charge in [0.2, 0.25) is 5.91 Å². The van der Waals surface area contributed by atoms with Gasteiger partial charge in [0.15, 0.2) is 5.82 Å². The molecule has 1 aromatic heterocycles. The lowest BCUT2D eigenvalue weighted by atomic mass is 10.1. The largest absolute Gasteiger partial charge is 0.392 e. The van der Waals surface area contributed by atoms with Crippen molar-refractivity contribution in [3.8, 4) is 11.3 Å². The summed E-state index contributed by atoms with van der Waals surface area (Å²) in [6.07, 6.45) is 2.46. The Hall–Kier alpha value is -3.35. The SMILES string of the molecule is O=C(Cc1ccc(Br)cc1)Nc1ncc(-c2ccc(CO)cc2)nc1Cc1ccccc1. The second-order valence-electron chi connectivity index (χ2n) is 7.42. The zero-order valence-electron chi connectivity index (χ0n) is 17.3. The molecule has 160 valence electrons. The summed E-state index contributed by atoms with van der Waals surface area (Å²) in [7, 11) is 0. The molecule has 0 aliphatic carbocycles. The maximum atomic E-state index is 12.7. The van der Waals surface area contributed by atoms with Crippen molar-refractivity contribution in [2.24, 2.45) is 0 Å². The minimum absolute atomic E-state index is 0.00540. The third-order valence-corrected chi connectivity index (χ3v) is 5.56. The van der Waals surface area contributed by atoms with E-state index in [0.717, 1.165) is 26.7 Å². The average molecular weight is 488 g/mol. The van der Waals surface area contributed by atoms with E-state index in [0.29, 0.717) is 23.6 Å². The number of carbonyl (C=O) groups excluding carboxylic acids is 1. The van der Waals surface area contributed by atoms with E-state index in [4.69, 9.17) is 4.98 Å². The summed E-state index contributed by atoms with van der Waals surface area (Å²) in [5, 5.41) is 12.2. The van der Waals surface area contributed by atoms with Crippen LogP contribution in [-0.4, -0.2) is 21.0 Å². The van der Waals surface area contributed by atoms with E-state index in [1.54, 1.807) is 6.20 Å². The van der Waals surface area contributed by atoms with Crippen LogP contribution in [0.4, 0.5) is 5.82 Å². The van der Waals surface area contributed by atoms with Crippen LogP contribution >= 0.6 is 15.9 Å². The summed E-state index contributed by atoms with van der Waals surface area (Å²) in [4.78, 5) is 22.0. The number of amides is 1. The summed E-state index contributed by atoms with van der Waals surface area (Å²) in [5.41, 5.74) is 5.15. The summed E-state index contributed by atoms with van der Waals surface area (Å²) in [5.74, 6) is 0.322. The fourth-order valence-electron chi connectivity index (χ4n) is 3.33. The molecule has 0 radical (unpaired) electrons. The molecule has 3 aromatic carbocycles. The van der Waals surface area contributed by atoms with Crippen molar-refractivity contribution in [1.82, 2.24) is 9.97 Å². The monoisotopic (exact) mass is 487 g/mol. The Labute approximate surface area is 195 Å². The molecule has 1 heterocycles. The van der Waals surface area contributed by atoms with Crippen molar-refractivity contribution >= 4 is 27.7 Å². The lowest BCUT2D eigenvalue weighted by Crippen LogP contribution is -2.17. The predicted octanol–water partition coefficient (Wildman–Crippen LogP) is 5.17. The highest BCUT2D eigenvalue weighted by Gasteiger charge is 2.13. The summed E-state index contributed by atoms with van der Waals surface area (Å²) >= 11 is 3.41. The fourth-order valence-corrected chi connectivity index (χ4v) is 3.59. The fraction of sp³-hybridized carbons (Fsp3) is 0.115. The highest BCUT2D eigenvalue weighted by atomic mass is 79.9. The molecule has 0 saturated carbocycles. The normalized spacial score (nSPS) is 10.7. The predicted molar refractivity (Wildman–Crippen MR) is 129 cm³/mol. The van der Waals surface area contributed by atoms with Crippen LogP contribution in [0.25, 0.3) is 11.3 Å². The first kappa shape index (κ1) is 21.9. The van der Waals surface area contributed by atoms with Crippen molar-refractivity contribution in [2.75, 3.05) is 5.32 Å². The van der Waals surface area contributed by atoms with Crippen LogP contribution in [-0.2, 0) is 24.2 Å². The first-order valence-electron chi connectivity index (χ1n) is 10.2. The number of anilines is 1. The Bertz CT molecular complexity index is 1190. The molecule has 32 heavy (non-hydrogen) atoms. The number of aliphatic hydroxyl groups excluding tert-OH is 1. The summed E-state index contributed by atoms with van der Waals surface area (Å²) < 4.78 is 0.972. The van der Waals surface area contributed by atoms with Crippen LogP contribution in [0.5, 0.6) is 0 Å². The molecule has 0 bridgehead atoms. The van der Waals surface area contributed by atoms with Gasteiger partial charge in [0.05, 0.1) is 30.6 Å². The molecule has 2 N–H and O–H groups in total. The zero-order valence-corrected chi connectivity index (χ0v) is 18.9. The van der Waals surface area contributed by atoms with E-state index < -0.39 is 0 Å². The Morgan fingerprint density at radius 1 is 0.875 bits per heavy atom. The van der Waals surface area contributed by atoms with Crippen molar-refractivity contribution in [2.45, 2.75) is 19.4 Å². The van der Waals surface area contributed by atoms with Crippen molar-refractivity contribution in [3.63, 3.8) is 0 Å². The minimum atomic E-state index is -0.143. The molecule has 0 unspecified atom stereocenters. The van der Waals surface area contributed by atoms with E-state index in [1.165, 1.54) is 0 Å². The van der Waals surface area contributed by atoms with Gasteiger partial charge in [-0.1, -0.05) is 82.7 Å². The molecule has 0 atom stereocenters. The van der Waals surface area contributed by atoms with Crippen LogP contribution in [0.15, 0.2) is 89.5 Å². The molecule has 4 aromatic rings. The quantitative estimate of drug-likeness (QED) is 0.377. The Kier molecular flexibility index (Phi) is 7.04. The van der Waals surface area contributed by atoms with Gasteiger partial charge in [-0.3, -0.25) is 4.79 Å². The number of nitrogens with zero attached hydrogens (tertiary/aromatic N) is 2. The maximum absolute atomic E-state index is 12.7. The van der Waals surface area contributed by atoms with Gasteiger partial charge in [0, 0.05) is 16.5 Å².